The lowest BCUT2D eigenvalue weighted by atomic mass is 10.9. The maximum atomic E-state index is 9.78. The Bertz CT molecular complexity index is 75.3. The van der Waals surface area contributed by atoms with Crippen molar-refractivity contribution in [1.29, 1.82) is 0 Å². The van der Waals surface area contributed by atoms with Gasteiger partial charge in [0, 0.05) is 0 Å². The zero-order chi connectivity index (χ0) is 5.86. The summed E-state index contributed by atoms with van der Waals surface area (Å²) >= 11 is 4.96. The predicted octanol–water partition coefficient (Wildman–Crippen LogP) is 0.0106. The maximum Gasteiger partial charge on any atom is 0.217 e. The Balaban J connectivity index is 3.34. The quantitative estimate of drug-likeness (QED) is 0.424. The Kier molecular flexibility index (Phi) is 3.66. The van der Waals surface area contributed by atoms with Crippen molar-refractivity contribution >= 4 is 19.6 Å². The first kappa shape index (κ1) is 7.44. The molecule has 0 rings (SSSR count). The smallest absolute Gasteiger partial charge is 0.217 e. The van der Waals surface area contributed by atoms with Crippen LogP contribution in [-0.2, 0) is 4.57 Å². The molecular formula is C2H6ClO3P. The van der Waals surface area contributed by atoms with Crippen molar-refractivity contribution in [2.75, 3.05) is 5.88 Å². The predicted molar refractivity (Wildman–Crippen MR) is 27.9 cm³/mol. The molecule has 2 atom stereocenters. The number of halogens is 1. The number of aliphatic hydroxyl groups excluding tert-OH is 1. The van der Waals surface area contributed by atoms with Gasteiger partial charge in [0.2, 0.25) is 8.03 Å². The van der Waals surface area contributed by atoms with Crippen LogP contribution in [0.2, 0.25) is 0 Å². The molecule has 0 radical (unpaired) electrons. The zero-order valence-electron chi connectivity index (χ0n) is 3.47. The molecule has 2 unspecified atom stereocenters. The summed E-state index contributed by atoms with van der Waals surface area (Å²) in [7, 11) is -2.79. The van der Waals surface area contributed by atoms with Crippen LogP contribution >= 0.6 is 19.6 Å². The highest BCUT2D eigenvalue weighted by Crippen LogP contribution is 2.19. The maximum absolute atomic E-state index is 9.78. The van der Waals surface area contributed by atoms with E-state index >= 15 is 0 Å². The van der Waals surface area contributed by atoms with Crippen LogP contribution in [0.4, 0.5) is 0 Å². The highest BCUT2D eigenvalue weighted by Gasteiger charge is 2.05. The number of rotatable bonds is 2. The van der Waals surface area contributed by atoms with Crippen LogP contribution in [0.15, 0.2) is 0 Å². The molecule has 2 N–H and O–H groups in total. The average Bonchev–Trinajstić information content (AvgIpc) is 1.65. The summed E-state index contributed by atoms with van der Waals surface area (Å²) in [6.45, 7) is 0. The molecule has 0 aromatic heterocycles. The van der Waals surface area contributed by atoms with Crippen molar-refractivity contribution in [2.45, 2.75) is 5.85 Å². The molecule has 0 aromatic rings. The Morgan fingerprint density at radius 2 is 2.29 bits per heavy atom. The molecule has 44 valence electrons. The Labute approximate surface area is 46.8 Å². The van der Waals surface area contributed by atoms with Crippen molar-refractivity contribution in [3.63, 3.8) is 0 Å². The molecule has 3 nitrogen and oxygen atoms in total. The normalized spacial score (nSPS) is 18.7. The summed E-state index contributed by atoms with van der Waals surface area (Å²) in [6, 6.07) is 0. The van der Waals surface area contributed by atoms with Crippen molar-refractivity contribution < 1.29 is 14.6 Å². The second-order valence-corrected chi connectivity index (χ2v) is 2.66. The molecule has 5 heteroatoms. The molecule has 0 aromatic carbocycles. The minimum Gasteiger partial charge on any atom is -0.382 e. The fourth-order valence-electron chi connectivity index (χ4n) is 0.0660. The summed E-state index contributed by atoms with van der Waals surface area (Å²) in [4.78, 5) is 8.03. The van der Waals surface area contributed by atoms with Gasteiger partial charge in [-0.25, -0.2) is 0 Å². The molecule has 0 spiro atoms. The first-order chi connectivity index (χ1) is 3.18. The lowest BCUT2D eigenvalue weighted by molar-refractivity contribution is 0.259. The largest absolute Gasteiger partial charge is 0.382 e. The molecule has 0 amide bonds. The van der Waals surface area contributed by atoms with Crippen LogP contribution in [0, 0.1) is 0 Å². The second kappa shape index (κ2) is 3.44. The standard InChI is InChI=1S/C2H6ClO3P/c3-1-2(4)7(5)6/h2,4,7H,1H2,(H,5,6). The van der Waals surface area contributed by atoms with Crippen molar-refractivity contribution in [1.82, 2.24) is 0 Å². The molecule has 0 aliphatic rings. The summed E-state index contributed by atoms with van der Waals surface area (Å²) < 4.78 is 9.78. The number of hydrogen-bond donors (Lipinski definition) is 2. The Hall–Kier alpha value is 0.440. The van der Waals surface area contributed by atoms with E-state index in [1.165, 1.54) is 0 Å². The van der Waals surface area contributed by atoms with Gasteiger partial charge in [-0.1, -0.05) is 0 Å². The number of alkyl halides is 1. The Morgan fingerprint density at radius 1 is 1.86 bits per heavy atom. The number of aliphatic hydroxyl groups is 1. The van der Waals surface area contributed by atoms with Gasteiger partial charge in [0.25, 0.3) is 0 Å². The van der Waals surface area contributed by atoms with Crippen LogP contribution in [-0.4, -0.2) is 21.7 Å². The van der Waals surface area contributed by atoms with E-state index in [9.17, 15) is 4.57 Å². The van der Waals surface area contributed by atoms with Gasteiger partial charge >= 0.3 is 0 Å². The first-order valence-electron chi connectivity index (χ1n) is 1.65. The molecule has 0 bridgehead atoms. The second-order valence-electron chi connectivity index (χ2n) is 1.01. The van der Waals surface area contributed by atoms with E-state index in [1.807, 2.05) is 0 Å². The van der Waals surface area contributed by atoms with Crippen molar-refractivity contribution in [3.05, 3.63) is 0 Å². The minimum atomic E-state index is -2.79. The van der Waals surface area contributed by atoms with Gasteiger partial charge in [-0.3, -0.25) is 4.57 Å². The third-order valence-electron chi connectivity index (χ3n) is 0.431. The highest BCUT2D eigenvalue weighted by atomic mass is 35.5. The van der Waals surface area contributed by atoms with E-state index in [4.69, 9.17) is 21.6 Å². The minimum absolute atomic E-state index is 0.172. The lowest BCUT2D eigenvalue weighted by Crippen LogP contribution is -1.99. The van der Waals surface area contributed by atoms with Gasteiger partial charge in [0.1, 0.15) is 5.85 Å². The monoisotopic (exact) mass is 144 g/mol. The Morgan fingerprint density at radius 3 is 2.29 bits per heavy atom. The van der Waals surface area contributed by atoms with Crippen LogP contribution in [0.1, 0.15) is 0 Å². The van der Waals surface area contributed by atoms with Gasteiger partial charge < -0.3 is 10.00 Å². The average molecular weight is 144 g/mol. The van der Waals surface area contributed by atoms with E-state index in [0.717, 1.165) is 0 Å². The molecule has 0 aliphatic heterocycles. The summed E-state index contributed by atoms with van der Waals surface area (Å²) in [6.07, 6.45) is 0. The lowest BCUT2D eigenvalue weighted by Gasteiger charge is -1.96. The van der Waals surface area contributed by atoms with E-state index in [-0.39, 0.29) is 5.88 Å². The van der Waals surface area contributed by atoms with E-state index in [0.29, 0.717) is 0 Å². The summed E-state index contributed by atoms with van der Waals surface area (Å²) in [5, 5.41) is 8.29. The van der Waals surface area contributed by atoms with Crippen molar-refractivity contribution in [3.8, 4) is 0 Å². The van der Waals surface area contributed by atoms with Crippen molar-refractivity contribution in [2.24, 2.45) is 0 Å². The number of hydrogen-bond acceptors (Lipinski definition) is 2. The fourth-order valence-corrected chi connectivity index (χ4v) is 0.594. The van der Waals surface area contributed by atoms with Crippen LogP contribution < -0.4 is 0 Å². The van der Waals surface area contributed by atoms with E-state index < -0.39 is 13.9 Å². The van der Waals surface area contributed by atoms with Gasteiger partial charge in [-0.15, -0.1) is 11.6 Å². The van der Waals surface area contributed by atoms with Gasteiger partial charge in [0.15, 0.2) is 0 Å². The van der Waals surface area contributed by atoms with Gasteiger partial charge in [0.05, 0.1) is 5.88 Å². The topological polar surface area (TPSA) is 57.5 Å². The third kappa shape index (κ3) is 3.06. The molecule has 0 heterocycles. The molecule has 0 aliphatic carbocycles. The molecule has 7 heavy (non-hydrogen) atoms. The molecular weight excluding hydrogens is 138 g/mol. The zero-order valence-corrected chi connectivity index (χ0v) is 5.22. The highest BCUT2D eigenvalue weighted by molar-refractivity contribution is 7.38. The summed E-state index contributed by atoms with van der Waals surface area (Å²) in [5.41, 5.74) is 0. The molecule has 0 saturated carbocycles. The van der Waals surface area contributed by atoms with Crippen LogP contribution in [0.25, 0.3) is 0 Å². The van der Waals surface area contributed by atoms with Crippen LogP contribution in [0.3, 0.4) is 0 Å². The summed E-state index contributed by atoms with van der Waals surface area (Å²) in [5.74, 6) is -1.40. The van der Waals surface area contributed by atoms with Gasteiger partial charge in [-0.2, -0.15) is 0 Å². The molecule has 0 fully saturated rings. The van der Waals surface area contributed by atoms with E-state index in [1.54, 1.807) is 0 Å². The first-order valence-corrected chi connectivity index (χ1v) is 3.62. The van der Waals surface area contributed by atoms with E-state index in [2.05, 4.69) is 0 Å². The van der Waals surface area contributed by atoms with Crippen LogP contribution in [0.5, 0.6) is 0 Å². The molecule has 0 saturated heterocycles. The van der Waals surface area contributed by atoms with Gasteiger partial charge in [-0.05, 0) is 0 Å². The fraction of sp³-hybridized carbons (Fsp3) is 1.00. The third-order valence-corrected chi connectivity index (χ3v) is 1.76. The SMILES string of the molecule is O=[PH](O)C(O)CCl.